The molecule has 1 aromatic rings. The van der Waals surface area contributed by atoms with Gasteiger partial charge in [0.05, 0.1) is 16.3 Å². The second-order valence-corrected chi connectivity index (χ2v) is 5.51. The Kier molecular flexibility index (Phi) is 5.20. The van der Waals surface area contributed by atoms with E-state index in [1.165, 1.54) is 0 Å². The molecule has 0 bridgehead atoms. The first-order chi connectivity index (χ1) is 8.75. The molecule has 5 heteroatoms. The quantitative estimate of drug-likeness (QED) is 0.814. The number of anilines is 2. The van der Waals surface area contributed by atoms with Crippen LogP contribution in [0.15, 0.2) is 18.2 Å². The van der Waals surface area contributed by atoms with E-state index >= 15 is 0 Å². The average Bonchev–Trinajstić information content (AvgIpc) is 2.33. The van der Waals surface area contributed by atoms with Crippen molar-refractivity contribution in [3.05, 3.63) is 23.2 Å². The fourth-order valence-corrected chi connectivity index (χ4v) is 1.60. The Hall–Kier alpha value is -1.26. The summed E-state index contributed by atoms with van der Waals surface area (Å²) in [5, 5.41) is 3.22. The average molecular weight is 285 g/mol. The van der Waals surface area contributed by atoms with Crippen LogP contribution in [0.25, 0.3) is 0 Å². The highest BCUT2D eigenvalue weighted by Crippen LogP contribution is 2.23. The molecule has 4 nitrogen and oxygen atoms in total. The first-order valence-electron chi connectivity index (χ1n) is 6.29. The van der Waals surface area contributed by atoms with Gasteiger partial charge in [-0.3, -0.25) is 4.79 Å². The molecular formula is C14H21ClN2O2. The fourth-order valence-electron chi connectivity index (χ4n) is 1.48. The summed E-state index contributed by atoms with van der Waals surface area (Å²) in [6, 6.07) is 4.97. The minimum Gasteiger partial charge on any atom is -0.397 e. The van der Waals surface area contributed by atoms with Crippen molar-refractivity contribution in [2.24, 2.45) is 0 Å². The number of rotatable bonds is 5. The van der Waals surface area contributed by atoms with Crippen molar-refractivity contribution < 1.29 is 9.53 Å². The Bertz CT molecular complexity index is 461. The van der Waals surface area contributed by atoms with E-state index in [-0.39, 0.29) is 11.5 Å². The van der Waals surface area contributed by atoms with Gasteiger partial charge in [0, 0.05) is 5.69 Å². The molecule has 0 spiro atoms. The van der Waals surface area contributed by atoms with Gasteiger partial charge in [0.15, 0.2) is 0 Å². The van der Waals surface area contributed by atoms with Crippen LogP contribution in [-0.4, -0.2) is 17.6 Å². The summed E-state index contributed by atoms with van der Waals surface area (Å²) in [6.07, 6.45) is 0.297. The summed E-state index contributed by atoms with van der Waals surface area (Å²) in [6.45, 7) is 7.66. The molecule has 1 unspecified atom stereocenters. The molecule has 19 heavy (non-hydrogen) atoms. The molecule has 3 N–H and O–H groups in total. The molecule has 0 fully saturated rings. The first kappa shape index (κ1) is 15.8. The number of halogens is 1. The largest absolute Gasteiger partial charge is 0.397 e. The number of benzene rings is 1. The second kappa shape index (κ2) is 6.26. The third-order valence-electron chi connectivity index (χ3n) is 2.98. The molecule has 0 heterocycles. The second-order valence-electron chi connectivity index (χ2n) is 5.10. The molecule has 0 radical (unpaired) electrons. The van der Waals surface area contributed by atoms with E-state index < -0.39 is 6.10 Å². The van der Waals surface area contributed by atoms with Gasteiger partial charge in [-0.05, 0) is 45.4 Å². The zero-order chi connectivity index (χ0) is 14.6. The fraction of sp³-hybridized carbons (Fsp3) is 0.500. The van der Waals surface area contributed by atoms with Crippen molar-refractivity contribution >= 4 is 28.9 Å². The number of hydrogen-bond donors (Lipinski definition) is 2. The summed E-state index contributed by atoms with van der Waals surface area (Å²) >= 11 is 5.82. The maximum absolute atomic E-state index is 12.0. The van der Waals surface area contributed by atoms with Gasteiger partial charge in [0.25, 0.3) is 5.91 Å². The first-order valence-corrected chi connectivity index (χ1v) is 6.66. The molecule has 1 aromatic carbocycles. The van der Waals surface area contributed by atoms with Gasteiger partial charge in [0.1, 0.15) is 6.10 Å². The van der Waals surface area contributed by atoms with Crippen LogP contribution in [0.1, 0.15) is 34.1 Å². The highest BCUT2D eigenvalue weighted by molar-refractivity contribution is 6.33. The normalized spacial score (nSPS) is 13.1. The summed E-state index contributed by atoms with van der Waals surface area (Å²) in [7, 11) is 0. The van der Waals surface area contributed by atoms with Gasteiger partial charge in [-0.15, -0.1) is 0 Å². The van der Waals surface area contributed by atoms with E-state index in [1.54, 1.807) is 25.1 Å². The summed E-state index contributed by atoms with van der Waals surface area (Å²) in [4.78, 5) is 12.0. The molecule has 0 aromatic heterocycles. The maximum atomic E-state index is 12.0. The number of nitrogens with two attached hydrogens (primary N) is 1. The van der Waals surface area contributed by atoms with Crippen molar-refractivity contribution in [2.45, 2.75) is 45.8 Å². The standard InChI is InChI=1S/C14H21ClN2O2/c1-5-14(3,4)19-9(2)13(18)17-10-6-7-11(15)12(16)8-10/h6-9H,5,16H2,1-4H3,(H,17,18). The van der Waals surface area contributed by atoms with E-state index in [9.17, 15) is 4.79 Å². The highest BCUT2D eigenvalue weighted by Gasteiger charge is 2.23. The lowest BCUT2D eigenvalue weighted by Crippen LogP contribution is -2.36. The lowest BCUT2D eigenvalue weighted by Gasteiger charge is -2.27. The lowest BCUT2D eigenvalue weighted by atomic mass is 10.1. The van der Waals surface area contributed by atoms with Crippen LogP contribution in [0.2, 0.25) is 5.02 Å². The predicted octanol–water partition coefficient (Wildman–Crippen LogP) is 3.45. The Balaban J connectivity index is 2.66. The Morgan fingerprint density at radius 2 is 2.16 bits per heavy atom. The predicted molar refractivity (Wildman–Crippen MR) is 79.4 cm³/mol. The number of hydrogen-bond acceptors (Lipinski definition) is 3. The molecule has 0 saturated heterocycles. The van der Waals surface area contributed by atoms with E-state index in [2.05, 4.69) is 5.32 Å². The van der Waals surface area contributed by atoms with Crippen LogP contribution in [0.4, 0.5) is 11.4 Å². The van der Waals surface area contributed by atoms with Crippen molar-refractivity contribution in [3.63, 3.8) is 0 Å². The number of nitrogen functional groups attached to an aromatic ring is 1. The topological polar surface area (TPSA) is 64.3 Å². The van der Waals surface area contributed by atoms with Gasteiger partial charge in [-0.25, -0.2) is 0 Å². The van der Waals surface area contributed by atoms with Gasteiger partial charge in [0.2, 0.25) is 0 Å². The zero-order valence-corrected chi connectivity index (χ0v) is 12.5. The Morgan fingerprint density at radius 1 is 1.53 bits per heavy atom. The van der Waals surface area contributed by atoms with Crippen LogP contribution < -0.4 is 11.1 Å². The monoisotopic (exact) mass is 284 g/mol. The van der Waals surface area contributed by atoms with E-state index in [0.717, 1.165) is 6.42 Å². The van der Waals surface area contributed by atoms with Crippen molar-refractivity contribution in [3.8, 4) is 0 Å². The van der Waals surface area contributed by atoms with Gasteiger partial charge < -0.3 is 15.8 Å². The highest BCUT2D eigenvalue weighted by atomic mass is 35.5. The van der Waals surface area contributed by atoms with Crippen LogP contribution in [0, 0.1) is 0 Å². The molecule has 1 rings (SSSR count). The molecule has 1 amide bonds. The van der Waals surface area contributed by atoms with Crippen molar-refractivity contribution in [1.29, 1.82) is 0 Å². The summed E-state index contributed by atoms with van der Waals surface area (Å²) < 4.78 is 5.71. The van der Waals surface area contributed by atoms with E-state index in [1.807, 2.05) is 20.8 Å². The molecule has 0 aliphatic rings. The lowest BCUT2D eigenvalue weighted by molar-refractivity contribution is -0.137. The minimum atomic E-state index is -0.535. The molecule has 0 aliphatic carbocycles. The summed E-state index contributed by atoms with van der Waals surface area (Å²) in [5.41, 5.74) is 6.40. The Morgan fingerprint density at radius 3 is 2.68 bits per heavy atom. The van der Waals surface area contributed by atoms with E-state index in [0.29, 0.717) is 16.4 Å². The number of carbonyl (C=O) groups is 1. The van der Waals surface area contributed by atoms with Crippen LogP contribution >= 0.6 is 11.6 Å². The number of nitrogens with one attached hydrogen (secondary N) is 1. The van der Waals surface area contributed by atoms with Crippen LogP contribution in [0.3, 0.4) is 0 Å². The Labute approximate surface area is 119 Å². The number of amides is 1. The smallest absolute Gasteiger partial charge is 0.253 e. The van der Waals surface area contributed by atoms with Gasteiger partial charge in [-0.1, -0.05) is 18.5 Å². The maximum Gasteiger partial charge on any atom is 0.253 e. The number of ether oxygens (including phenoxy) is 1. The van der Waals surface area contributed by atoms with Crippen molar-refractivity contribution in [2.75, 3.05) is 11.1 Å². The molecule has 106 valence electrons. The van der Waals surface area contributed by atoms with Gasteiger partial charge >= 0.3 is 0 Å². The minimum absolute atomic E-state index is 0.205. The molecule has 0 aliphatic heterocycles. The van der Waals surface area contributed by atoms with Crippen molar-refractivity contribution in [1.82, 2.24) is 0 Å². The third-order valence-corrected chi connectivity index (χ3v) is 3.32. The van der Waals surface area contributed by atoms with Gasteiger partial charge in [-0.2, -0.15) is 0 Å². The van der Waals surface area contributed by atoms with E-state index in [4.69, 9.17) is 22.1 Å². The van der Waals surface area contributed by atoms with Crippen LogP contribution in [-0.2, 0) is 9.53 Å². The molecule has 1 atom stereocenters. The molecule has 0 saturated carbocycles. The SMILES string of the molecule is CCC(C)(C)OC(C)C(=O)Nc1ccc(Cl)c(N)c1. The zero-order valence-electron chi connectivity index (χ0n) is 11.8. The molecular weight excluding hydrogens is 264 g/mol. The summed E-state index contributed by atoms with van der Waals surface area (Å²) in [5.74, 6) is -0.205. The van der Waals surface area contributed by atoms with Crippen LogP contribution in [0.5, 0.6) is 0 Å². The number of carbonyl (C=O) groups excluding carboxylic acids is 1. The third kappa shape index (κ3) is 4.73.